The lowest BCUT2D eigenvalue weighted by molar-refractivity contribution is 0.0767. The minimum atomic E-state index is -0.0900. The SMILES string of the molecule is CCN(CCC#N)C(=O)c1cc(C)ccc1C#CCN. The number of benzene rings is 1. The van der Waals surface area contributed by atoms with Crippen LogP contribution >= 0.6 is 0 Å². The monoisotopic (exact) mass is 269 g/mol. The summed E-state index contributed by atoms with van der Waals surface area (Å²) in [5.41, 5.74) is 7.64. The summed E-state index contributed by atoms with van der Waals surface area (Å²) in [5, 5.41) is 8.65. The maximum absolute atomic E-state index is 12.5. The first-order valence-corrected chi connectivity index (χ1v) is 6.59. The normalized spacial score (nSPS) is 9.30. The summed E-state index contributed by atoms with van der Waals surface area (Å²) in [6.45, 7) is 5.09. The van der Waals surface area contributed by atoms with Crippen molar-refractivity contribution in [3.8, 4) is 17.9 Å². The molecule has 0 fully saturated rings. The van der Waals surface area contributed by atoms with E-state index < -0.39 is 0 Å². The van der Waals surface area contributed by atoms with E-state index in [-0.39, 0.29) is 12.5 Å². The van der Waals surface area contributed by atoms with Crippen molar-refractivity contribution >= 4 is 5.91 Å². The van der Waals surface area contributed by atoms with E-state index in [0.717, 1.165) is 5.56 Å². The van der Waals surface area contributed by atoms with Crippen LogP contribution in [0.3, 0.4) is 0 Å². The van der Waals surface area contributed by atoms with E-state index >= 15 is 0 Å². The standard InChI is InChI=1S/C16H19N3O/c1-3-19(11-5-10-18)16(20)15-12-13(2)7-8-14(15)6-4-9-17/h7-8,12H,3,5,9,11,17H2,1-2H3. The number of hydrogen-bond acceptors (Lipinski definition) is 3. The summed E-state index contributed by atoms with van der Waals surface area (Å²) in [6.07, 6.45) is 0.329. The van der Waals surface area contributed by atoms with Gasteiger partial charge in [-0.05, 0) is 26.0 Å². The summed E-state index contributed by atoms with van der Waals surface area (Å²) in [6, 6.07) is 7.65. The zero-order chi connectivity index (χ0) is 15.0. The Morgan fingerprint density at radius 2 is 2.20 bits per heavy atom. The molecule has 0 unspecified atom stereocenters. The maximum atomic E-state index is 12.5. The number of rotatable bonds is 4. The molecule has 1 aromatic carbocycles. The summed E-state index contributed by atoms with van der Waals surface area (Å²) in [5.74, 6) is 5.61. The molecule has 4 heteroatoms. The Morgan fingerprint density at radius 1 is 1.45 bits per heavy atom. The Morgan fingerprint density at radius 3 is 2.80 bits per heavy atom. The van der Waals surface area contributed by atoms with Crippen molar-refractivity contribution in [2.45, 2.75) is 20.3 Å². The van der Waals surface area contributed by atoms with Gasteiger partial charge in [0.25, 0.3) is 5.91 Å². The largest absolute Gasteiger partial charge is 0.338 e. The van der Waals surface area contributed by atoms with E-state index in [0.29, 0.717) is 30.6 Å². The Bertz CT molecular complexity index is 576. The third-order valence-electron chi connectivity index (χ3n) is 2.89. The van der Waals surface area contributed by atoms with E-state index in [1.165, 1.54) is 0 Å². The highest BCUT2D eigenvalue weighted by Gasteiger charge is 2.16. The summed E-state index contributed by atoms with van der Waals surface area (Å²) in [4.78, 5) is 14.2. The second kappa shape index (κ2) is 7.99. The van der Waals surface area contributed by atoms with Crippen LogP contribution < -0.4 is 5.73 Å². The minimum absolute atomic E-state index is 0.0900. The Balaban J connectivity index is 3.12. The van der Waals surface area contributed by atoms with Crippen molar-refractivity contribution in [2.24, 2.45) is 5.73 Å². The van der Waals surface area contributed by atoms with Gasteiger partial charge in [0.05, 0.1) is 24.6 Å². The van der Waals surface area contributed by atoms with Gasteiger partial charge in [0.15, 0.2) is 0 Å². The van der Waals surface area contributed by atoms with Crippen LogP contribution in [0.5, 0.6) is 0 Å². The first kappa shape index (κ1) is 15.8. The lowest BCUT2D eigenvalue weighted by atomic mass is 10.0. The number of nitrogens with zero attached hydrogens (tertiary/aromatic N) is 2. The molecule has 0 aliphatic heterocycles. The molecule has 1 aromatic rings. The second-order valence-corrected chi connectivity index (χ2v) is 4.35. The van der Waals surface area contributed by atoms with Crippen molar-refractivity contribution in [1.82, 2.24) is 4.90 Å². The molecular formula is C16H19N3O. The summed E-state index contributed by atoms with van der Waals surface area (Å²) < 4.78 is 0. The molecule has 0 saturated carbocycles. The first-order valence-electron chi connectivity index (χ1n) is 6.59. The average Bonchev–Trinajstić information content (AvgIpc) is 2.46. The van der Waals surface area contributed by atoms with Crippen molar-refractivity contribution < 1.29 is 4.79 Å². The predicted molar refractivity (Wildman–Crippen MR) is 78.9 cm³/mol. The third-order valence-corrected chi connectivity index (χ3v) is 2.89. The molecule has 104 valence electrons. The highest BCUT2D eigenvalue weighted by molar-refractivity contribution is 5.97. The second-order valence-electron chi connectivity index (χ2n) is 4.35. The van der Waals surface area contributed by atoms with Crippen LogP contribution in [-0.4, -0.2) is 30.4 Å². The molecule has 4 nitrogen and oxygen atoms in total. The Kier molecular flexibility index (Phi) is 6.29. The van der Waals surface area contributed by atoms with Crippen LogP contribution in [0.1, 0.15) is 34.8 Å². The van der Waals surface area contributed by atoms with E-state index in [2.05, 4.69) is 17.9 Å². The summed E-state index contributed by atoms with van der Waals surface area (Å²) >= 11 is 0. The van der Waals surface area contributed by atoms with Gasteiger partial charge in [0.2, 0.25) is 0 Å². The van der Waals surface area contributed by atoms with Crippen LogP contribution in [0.2, 0.25) is 0 Å². The lowest BCUT2D eigenvalue weighted by Crippen LogP contribution is -2.32. The van der Waals surface area contributed by atoms with Gasteiger partial charge >= 0.3 is 0 Å². The zero-order valence-corrected chi connectivity index (χ0v) is 11.9. The predicted octanol–water partition coefficient (Wildman–Crippen LogP) is 1.68. The molecule has 1 rings (SSSR count). The molecule has 0 radical (unpaired) electrons. The number of amides is 1. The number of carbonyl (C=O) groups is 1. The minimum Gasteiger partial charge on any atom is -0.338 e. The van der Waals surface area contributed by atoms with Gasteiger partial charge < -0.3 is 10.6 Å². The quantitative estimate of drug-likeness (QED) is 0.845. The van der Waals surface area contributed by atoms with E-state index in [1.54, 1.807) is 4.90 Å². The van der Waals surface area contributed by atoms with Gasteiger partial charge in [-0.2, -0.15) is 5.26 Å². The van der Waals surface area contributed by atoms with Gasteiger partial charge in [0.1, 0.15) is 0 Å². The third kappa shape index (κ3) is 4.12. The molecule has 0 aromatic heterocycles. The molecule has 1 amide bonds. The number of nitriles is 1. The fourth-order valence-corrected chi connectivity index (χ4v) is 1.85. The van der Waals surface area contributed by atoms with Crippen LogP contribution in [0.4, 0.5) is 0 Å². The molecular weight excluding hydrogens is 250 g/mol. The highest BCUT2D eigenvalue weighted by Crippen LogP contribution is 2.14. The number of nitrogens with two attached hydrogens (primary N) is 1. The molecule has 0 aliphatic rings. The zero-order valence-electron chi connectivity index (χ0n) is 11.9. The van der Waals surface area contributed by atoms with Crippen molar-refractivity contribution in [3.05, 3.63) is 34.9 Å². The fraction of sp³-hybridized carbons (Fsp3) is 0.375. The smallest absolute Gasteiger partial charge is 0.255 e. The van der Waals surface area contributed by atoms with Crippen LogP contribution in [0.15, 0.2) is 18.2 Å². The van der Waals surface area contributed by atoms with Gasteiger partial charge in [0, 0.05) is 18.7 Å². The number of hydrogen-bond donors (Lipinski definition) is 1. The van der Waals surface area contributed by atoms with Gasteiger partial charge in [-0.3, -0.25) is 4.79 Å². The molecule has 0 spiro atoms. The van der Waals surface area contributed by atoms with Gasteiger partial charge in [-0.25, -0.2) is 0 Å². The van der Waals surface area contributed by atoms with Gasteiger partial charge in [-0.1, -0.05) is 23.5 Å². The molecule has 0 atom stereocenters. The van der Waals surface area contributed by atoms with Crippen molar-refractivity contribution in [2.75, 3.05) is 19.6 Å². The Labute approximate surface area is 120 Å². The van der Waals surface area contributed by atoms with Crippen molar-refractivity contribution in [1.29, 1.82) is 5.26 Å². The first-order chi connectivity index (χ1) is 9.63. The summed E-state index contributed by atoms with van der Waals surface area (Å²) in [7, 11) is 0. The number of aryl methyl sites for hydroxylation is 1. The van der Waals surface area contributed by atoms with Crippen LogP contribution in [-0.2, 0) is 0 Å². The molecule has 0 bridgehead atoms. The fourth-order valence-electron chi connectivity index (χ4n) is 1.85. The topological polar surface area (TPSA) is 70.1 Å². The average molecular weight is 269 g/mol. The highest BCUT2D eigenvalue weighted by atomic mass is 16.2. The van der Waals surface area contributed by atoms with Crippen molar-refractivity contribution in [3.63, 3.8) is 0 Å². The van der Waals surface area contributed by atoms with E-state index in [1.807, 2.05) is 32.0 Å². The van der Waals surface area contributed by atoms with E-state index in [4.69, 9.17) is 11.0 Å². The maximum Gasteiger partial charge on any atom is 0.255 e. The van der Waals surface area contributed by atoms with Crippen LogP contribution in [0, 0.1) is 30.1 Å². The van der Waals surface area contributed by atoms with E-state index in [9.17, 15) is 4.79 Å². The van der Waals surface area contributed by atoms with Crippen LogP contribution in [0.25, 0.3) is 0 Å². The molecule has 0 aliphatic carbocycles. The molecule has 0 heterocycles. The Hall–Kier alpha value is -2.30. The lowest BCUT2D eigenvalue weighted by Gasteiger charge is -2.20. The molecule has 2 N–H and O–H groups in total. The molecule has 0 saturated heterocycles. The van der Waals surface area contributed by atoms with Gasteiger partial charge in [-0.15, -0.1) is 0 Å². The molecule has 20 heavy (non-hydrogen) atoms. The number of carbonyl (C=O) groups excluding carboxylic acids is 1.